The van der Waals surface area contributed by atoms with E-state index in [4.69, 9.17) is 9.84 Å². The van der Waals surface area contributed by atoms with Gasteiger partial charge in [-0.25, -0.2) is 4.39 Å². The second-order valence-corrected chi connectivity index (χ2v) is 4.85. The van der Waals surface area contributed by atoms with Crippen LogP contribution in [0, 0.1) is 21.8 Å². The van der Waals surface area contributed by atoms with Crippen LogP contribution in [0.1, 0.15) is 20.3 Å². The molecule has 0 aliphatic carbocycles. The second-order valence-electron chi connectivity index (χ2n) is 4.85. The van der Waals surface area contributed by atoms with Gasteiger partial charge < -0.3 is 15.2 Å². The third kappa shape index (κ3) is 4.30. The van der Waals surface area contributed by atoms with Crippen LogP contribution in [0.4, 0.5) is 15.8 Å². The molecule has 116 valence electrons. The van der Waals surface area contributed by atoms with Crippen LogP contribution in [0.3, 0.4) is 0 Å². The van der Waals surface area contributed by atoms with E-state index in [9.17, 15) is 19.3 Å². The lowest BCUT2D eigenvalue weighted by Crippen LogP contribution is -2.29. The van der Waals surface area contributed by atoms with E-state index in [2.05, 4.69) is 5.32 Å². The van der Waals surface area contributed by atoms with Crippen LogP contribution in [0.2, 0.25) is 0 Å². The number of hydrogen-bond acceptors (Lipinski definition) is 5. The molecule has 1 atom stereocenters. The summed E-state index contributed by atoms with van der Waals surface area (Å²) in [6.07, 6.45) is -0.214. The molecule has 0 bridgehead atoms. The van der Waals surface area contributed by atoms with E-state index >= 15 is 0 Å². The molecule has 0 amide bonds. The van der Waals surface area contributed by atoms with E-state index in [1.54, 1.807) is 13.8 Å². The molecule has 1 aromatic rings. The van der Waals surface area contributed by atoms with Crippen molar-refractivity contribution in [3.63, 3.8) is 0 Å². The lowest BCUT2D eigenvalue weighted by molar-refractivity contribution is -0.384. The van der Waals surface area contributed by atoms with Crippen molar-refractivity contribution >= 4 is 17.3 Å². The van der Waals surface area contributed by atoms with Gasteiger partial charge in [-0.05, 0) is 5.92 Å². The predicted molar refractivity (Wildman–Crippen MR) is 74.1 cm³/mol. The third-order valence-electron chi connectivity index (χ3n) is 3.01. The minimum Gasteiger partial charge on any atom is -0.494 e. The van der Waals surface area contributed by atoms with Gasteiger partial charge in [0.25, 0.3) is 5.69 Å². The summed E-state index contributed by atoms with van der Waals surface area (Å²) in [6.45, 7) is 3.57. The Balaban J connectivity index is 3.20. The number of carboxylic acids is 1. The lowest BCUT2D eigenvalue weighted by atomic mass is 10.0. The Morgan fingerprint density at radius 2 is 2.14 bits per heavy atom. The average Bonchev–Trinajstić information content (AvgIpc) is 2.38. The summed E-state index contributed by atoms with van der Waals surface area (Å²) in [7, 11) is 1.24. The zero-order chi connectivity index (χ0) is 16.2. The van der Waals surface area contributed by atoms with Gasteiger partial charge in [0.15, 0.2) is 11.6 Å². The maximum Gasteiger partial charge on any atom is 0.305 e. The first kappa shape index (κ1) is 16.7. The number of ether oxygens (including phenoxy) is 1. The highest BCUT2D eigenvalue weighted by Crippen LogP contribution is 2.33. The summed E-state index contributed by atoms with van der Waals surface area (Å²) in [5.74, 6) is -2.12. The van der Waals surface area contributed by atoms with Crippen molar-refractivity contribution in [3.8, 4) is 5.75 Å². The van der Waals surface area contributed by atoms with Crippen LogP contribution in [0.15, 0.2) is 12.1 Å². The number of methoxy groups -OCH3 is 1. The topological polar surface area (TPSA) is 102 Å². The van der Waals surface area contributed by atoms with Crippen LogP contribution in [0.5, 0.6) is 5.75 Å². The summed E-state index contributed by atoms with van der Waals surface area (Å²) < 4.78 is 18.3. The zero-order valence-electron chi connectivity index (χ0n) is 11.9. The first-order valence-corrected chi connectivity index (χ1v) is 6.26. The van der Waals surface area contributed by atoms with Gasteiger partial charge in [0, 0.05) is 12.1 Å². The van der Waals surface area contributed by atoms with Crippen LogP contribution < -0.4 is 10.1 Å². The molecule has 21 heavy (non-hydrogen) atoms. The van der Waals surface area contributed by atoms with Gasteiger partial charge in [0.2, 0.25) is 0 Å². The van der Waals surface area contributed by atoms with E-state index in [1.807, 2.05) is 0 Å². The lowest BCUT2D eigenvalue weighted by Gasteiger charge is -2.22. The van der Waals surface area contributed by atoms with Gasteiger partial charge in [-0.1, -0.05) is 13.8 Å². The molecule has 0 saturated carbocycles. The monoisotopic (exact) mass is 300 g/mol. The normalized spacial score (nSPS) is 12.0. The molecule has 2 N–H and O–H groups in total. The Morgan fingerprint density at radius 3 is 2.57 bits per heavy atom. The van der Waals surface area contributed by atoms with E-state index in [1.165, 1.54) is 7.11 Å². The molecule has 0 radical (unpaired) electrons. The minimum atomic E-state index is -1.03. The van der Waals surface area contributed by atoms with Crippen molar-refractivity contribution in [1.82, 2.24) is 0 Å². The Kier molecular flexibility index (Phi) is 5.45. The van der Waals surface area contributed by atoms with Gasteiger partial charge >= 0.3 is 5.97 Å². The van der Waals surface area contributed by atoms with E-state index < -0.39 is 28.4 Å². The number of rotatable bonds is 7. The molecule has 0 saturated heterocycles. The van der Waals surface area contributed by atoms with Crippen molar-refractivity contribution < 1.29 is 24.0 Å². The van der Waals surface area contributed by atoms with Crippen molar-refractivity contribution in [2.45, 2.75) is 26.3 Å². The van der Waals surface area contributed by atoms with Gasteiger partial charge in [-0.15, -0.1) is 0 Å². The van der Waals surface area contributed by atoms with Gasteiger partial charge in [-0.3, -0.25) is 14.9 Å². The Labute approximate surface area is 120 Å². The Bertz CT molecular complexity index is 548. The molecular formula is C13H17FN2O5. The first-order valence-electron chi connectivity index (χ1n) is 6.26. The molecule has 0 aliphatic rings. The molecule has 8 heteroatoms. The molecule has 1 rings (SSSR count). The second kappa shape index (κ2) is 6.87. The van der Waals surface area contributed by atoms with Crippen LogP contribution in [-0.4, -0.2) is 29.2 Å². The molecule has 1 unspecified atom stereocenters. The smallest absolute Gasteiger partial charge is 0.305 e. The maximum atomic E-state index is 13.5. The number of carboxylic acid groups (broad SMARTS) is 1. The summed E-state index contributed by atoms with van der Waals surface area (Å²) in [5, 5.41) is 22.7. The molecule has 0 heterocycles. The SMILES string of the molecule is COc1cc(NC(CC(=O)O)C(C)C)c([N+](=O)[O-])cc1F. The van der Waals surface area contributed by atoms with E-state index in [-0.39, 0.29) is 23.8 Å². The number of halogens is 1. The quantitative estimate of drug-likeness (QED) is 0.593. The number of benzene rings is 1. The largest absolute Gasteiger partial charge is 0.494 e. The number of aliphatic carboxylic acids is 1. The number of nitro benzene ring substituents is 1. The van der Waals surface area contributed by atoms with Gasteiger partial charge in [0.1, 0.15) is 5.69 Å². The molecule has 0 aliphatic heterocycles. The van der Waals surface area contributed by atoms with E-state index in [0.717, 1.165) is 12.1 Å². The molecular weight excluding hydrogens is 283 g/mol. The van der Waals surface area contributed by atoms with E-state index in [0.29, 0.717) is 0 Å². The summed E-state index contributed by atoms with van der Waals surface area (Å²) in [6, 6.07) is 1.38. The number of hydrogen-bond donors (Lipinski definition) is 2. The number of carbonyl (C=O) groups is 1. The summed E-state index contributed by atoms with van der Waals surface area (Å²) in [4.78, 5) is 21.1. The van der Waals surface area contributed by atoms with Crippen LogP contribution >= 0.6 is 0 Å². The Morgan fingerprint density at radius 1 is 1.52 bits per heavy atom. The van der Waals surface area contributed by atoms with Crippen LogP contribution in [-0.2, 0) is 4.79 Å². The van der Waals surface area contributed by atoms with Crippen molar-refractivity contribution in [1.29, 1.82) is 0 Å². The molecule has 0 aromatic heterocycles. The Hall–Kier alpha value is -2.38. The predicted octanol–water partition coefficient (Wildman–Crippen LogP) is 2.65. The van der Waals surface area contributed by atoms with Gasteiger partial charge in [0.05, 0.1) is 24.5 Å². The third-order valence-corrected chi connectivity index (χ3v) is 3.01. The molecule has 0 spiro atoms. The number of anilines is 1. The molecule has 1 aromatic carbocycles. The summed E-state index contributed by atoms with van der Waals surface area (Å²) >= 11 is 0. The zero-order valence-corrected chi connectivity index (χ0v) is 11.9. The molecule has 7 nitrogen and oxygen atoms in total. The number of nitrogens with one attached hydrogen (secondary N) is 1. The van der Waals surface area contributed by atoms with Crippen molar-refractivity contribution in [2.75, 3.05) is 12.4 Å². The van der Waals surface area contributed by atoms with Crippen molar-refractivity contribution in [2.24, 2.45) is 5.92 Å². The molecule has 0 fully saturated rings. The fraction of sp³-hybridized carbons (Fsp3) is 0.462. The van der Waals surface area contributed by atoms with Gasteiger partial charge in [-0.2, -0.15) is 0 Å². The fourth-order valence-corrected chi connectivity index (χ4v) is 1.81. The number of nitro groups is 1. The highest BCUT2D eigenvalue weighted by Gasteiger charge is 2.24. The standard InChI is InChI=1S/C13H17FN2O5/c1-7(2)9(6-13(17)18)15-10-5-12(21-3)8(14)4-11(10)16(19)20/h4-5,7,9,15H,6H2,1-3H3,(H,17,18). The first-order chi connectivity index (χ1) is 9.76. The highest BCUT2D eigenvalue weighted by molar-refractivity contribution is 5.70. The summed E-state index contributed by atoms with van der Waals surface area (Å²) in [5.41, 5.74) is -0.442. The van der Waals surface area contributed by atoms with Crippen molar-refractivity contribution in [3.05, 3.63) is 28.1 Å². The highest BCUT2D eigenvalue weighted by atomic mass is 19.1. The average molecular weight is 300 g/mol. The minimum absolute atomic E-state index is 0.0261. The number of nitrogens with zero attached hydrogens (tertiary/aromatic N) is 1. The maximum absolute atomic E-state index is 13.5. The van der Waals surface area contributed by atoms with Crippen LogP contribution in [0.25, 0.3) is 0 Å². The fourth-order valence-electron chi connectivity index (χ4n) is 1.81.